The number of benzene rings is 1. The van der Waals surface area contributed by atoms with Crippen LogP contribution in [0.25, 0.3) is 4.91 Å². The van der Waals surface area contributed by atoms with Crippen LogP contribution in [0.3, 0.4) is 0 Å². The second kappa shape index (κ2) is 9.39. The zero-order valence-electron chi connectivity index (χ0n) is 16.6. The molecule has 0 saturated carbocycles. The summed E-state index contributed by atoms with van der Waals surface area (Å²) < 4.78 is 27.7. The lowest BCUT2D eigenvalue weighted by Crippen LogP contribution is -2.46. The summed E-state index contributed by atoms with van der Waals surface area (Å²) in [5, 5.41) is 0.578. The second-order valence-electron chi connectivity index (χ2n) is 7.33. The third kappa shape index (κ3) is 5.14. The molecule has 0 bridgehead atoms. The molecule has 1 fully saturated rings. The fourth-order valence-corrected chi connectivity index (χ4v) is 5.37. The van der Waals surface area contributed by atoms with Crippen LogP contribution in [0.5, 0.6) is 0 Å². The minimum absolute atomic E-state index is 0.287. The average molecular weight is 425 g/mol. The second-order valence-corrected chi connectivity index (χ2v) is 9.39. The van der Waals surface area contributed by atoms with Gasteiger partial charge in [-0.25, -0.2) is 8.42 Å². The van der Waals surface area contributed by atoms with Crippen LogP contribution < -0.4 is 4.72 Å². The summed E-state index contributed by atoms with van der Waals surface area (Å²) in [5.41, 5.74) is 1.29. The van der Waals surface area contributed by atoms with Gasteiger partial charge in [-0.05, 0) is 50.6 Å². The van der Waals surface area contributed by atoms with Gasteiger partial charge in [0, 0.05) is 43.3 Å². The van der Waals surface area contributed by atoms with Crippen molar-refractivity contribution < 1.29 is 8.42 Å². The van der Waals surface area contributed by atoms with Gasteiger partial charge in [-0.2, -0.15) is 0 Å². The molecule has 0 atom stereocenters. The molecule has 3 rings (SSSR count). The van der Waals surface area contributed by atoms with Crippen molar-refractivity contribution in [3.8, 4) is 0 Å². The summed E-state index contributed by atoms with van der Waals surface area (Å²) >= 11 is 5.92. The minimum atomic E-state index is -3.58. The molecule has 2 heterocycles. The Morgan fingerprint density at radius 2 is 1.68 bits per heavy atom. The zero-order chi connectivity index (χ0) is 20.1. The van der Waals surface area contributed by atoms with Crippen LogP contribution in [0.1, 0.15) is 32.3 Å². The van der Waals surface area contributed by atoms with Crippen LogP contribution in [0.15, 0.2) is 34.8 Å². The lowest BCUT2D eigenvalue weighted by Gasteiger charge is -2.34. The third-order valence-corrected chi connectivity index (χ3v) is 7.00. The summed E-state index contributed by atoms with van der Waals surface area (Å²) in [4.78, 5) is 9.79. The van der Waals surface area contributed by atoms with E-state index in [4.69, 9.17) is 11.6 Å². The molecule has 0 unspecified atom stereocenters. The molecular formula is C20H29ClN4O2S. The van der Waals surface area contributed by atoms with Gasteiger partial charge in [0.1, 0.15) is 10.7 Å². The molecule has 1 N–H and O–H groups in total. The number of piperazine rings is 1. The summed E-state index contributed by atoms with van der Waals surface area (Å²) in [6.07, 6.45) is 2.13. The van der Waals surface area contributed by atoms with Crippen LogP contribution in [-0.4, -0.2) is 69.9 Å². The SMILES string of the molecule is CCCN1CCN(CCCN=C2NS(=O)(=O)C(c3ccc(Cl)cc3)=C2C)CC1. The van der Waals surface area contributed by atoms with Crippen molar-refractivity contribution in [1.82, 2.24) is 14.5 Å². The first-order valence-corrected chi connectivity index (χ1v) is 11.8. The van der Waals surface area contributed by atoms with Crippen LogP contribution in [0, 0.1) is 0 Å². The van der Waals surface area contributed by atoms with Crippen molar-refractivity contribution in [1.29, 1.82) is 0 Å². The van der Waals surface area contributed by atoms with Crippen molar-refractivity contribution in [2.24, 2.45) is 4.99 Å². The van der Waals surface area contributed by atoms with Gasteiger partial charge in [-0.15, -0.1) is 0 Å². The van der Waals surface area contributed by atoms with Gasteiger partial charge in [0.25, 0.3) is 10.0 Å². The minimum Gasteiger partial charge on any atom is -0.301 e. The molecule has 0 aliphatic carbocycles. The first-order valence-electron chi connectivity index (χ1n) is 9.90. The molecule has 8 heteroatoms. The van der Waals surface area contributed by atoms with E-state index in [1.54, 1.807) is 31.2 Å². The Kier molecular flexibility index (Phi) is 7.15. The van der Waals surface area contributed by atoms with E-state index in [1.807, 2.05) is 0 Å². The maximum Gasteiger partial charge on any atom is 0.264 e. The Hall–Kier alpha value is -1.41. The standard InChI is InChI=1S/C20H29ClN4O2S/c1-3-10-24-12-14-25(15-13-24)11-4-9-22-20-16(2)19(28(26,27)23-20)17-5-7-18(21)8-6-17/h5-8H,3-4,9-15H2,1-2H3,(H,22,23). The van der Waals surface area contributed by atoms with Gasteiger partial charge >= 0.3 is 0 Å². The van der Waals surface area contributed by atoms with Crippen molar-refractivity contribution in [3.05, 3.63) is 40.4 Å². The lowest BCUT2D eigenvalue weighted by atomic mass is 10.1. The van der Waals surface area contributed by atoms with E-state index in [-0.39, 0.29) is 4.91 Å². The maximum absolute atomic E-state index is 12.5. The van der Waals surface area contributed by atoms with E-state index in [9.17, 15) is 8.42 Å². The highest BCUT2D eigenvalue weighted by Gasteiger charge is 2.32. The normalized spacial score (nSPS) is 22.0. The van der Waals surface area contributed by atoms with Gasteiger partial charge in [0.2, 0.25) is 0 Å². The molecule has 28 heavy (non-hydrogen) atoms. The van der Waals surface area contributed by atoms with E-state index < -0.39 is 10.0 Å². The van der Waals surface area contributed by atoms with E-state index in [0.717, 1.165) is 39.1 Å². The number of nitrogens with one attached hydrogen (secondary N) is 1. The number of rotatable bonds is 7. The fourth-order valence-electron chi connectivity index (χ4n) is 3.73. The van der Waals surface area contributed by atoms with Crippen LogP contribution in [-0.2, 0) is 10.0 Å². The van der Waals surface area contributed by atoms with Crippen molar-refractivity contribution >= 4 is 32.4 Å². The number of nitrogens with zero attached hydrogens (tertiary/aromatic N) is 3. The number of aliphatic imine (C=N–C) groups is 1. The predicted molar refractivity (Wildman–Crippen MR) is 116 cm³/mol. The Labute approximate surface area is 173 Å². The first kappa shape index (κ1) is 21.3. The molecule has 154 valence electrons. The van der Waals surface area contributed by atoms with E-state index in [0.29, 0.717) is 28.5 Å². The number of sulfonamides is 1. The molecule has 1 aromatic carbocycles. The maximum atomic E-state index is 12.5. The van der Waals surface area contributed by atoms with Crippen molar-refractivity contribution in [2.75, 3.05) is 45.8 Å². The lowest BCUT2D eigenvalue weighted by molar-refractivity contribution is 0.132. The van der Waals surface area contributed by atoms with Crippen LogP contribution in [0.2, 0.25) is 5.02 Å². The van der Waals surface area contributed by atoms with Gasteiger partial charge in [-0.3, -0.25) is 9.71 Å². The zero-order valence-corrected chi connectivity index (χ0v) is 18.2. The average Bonchev–Trinajstić information content (AvgIpc) is 2.90. The summed E-state index contributed by atoms with van der Waals surface area (Å²) in [6, 6.07) is 6.84. The number of hydrogen-bond donors (Lipinski definition) is 1. The highest BCUT2D eigenvalue weighted by atomic mass is 35.5. The topological polar surface area (TPSA) is 65.0 Å². The molecule has 1 saturated heterocycles. The Balaban J connectivity index is 1.57. The van der Waals surface area contributed by atoms with Crippen LogP contribution >= 0.6 is 11.6 Å². The highest BCUT2D eigenvalue weighted by molar-refractivity contribution is 8.00. The molecule has 1 aromatic rings. The fraction of sp³-hybridized carbons (Fsp3) is 0.550. The van der Waals surface area contributed by atoms with Gasteiger partial charge < -0.3 is 9.80 Å². The van der Waals surface area contributed by atoms with Crippen molar-refractivity contribution in [3.63, 3.8) is 0 Å². The number of halogens is 1. The first-order chi connectivity index (χ1) is 13.4. The largest absolute Gasteiger partial charge is 0.301 e. The quantitative estimate of drug-likeness (QED) is 0.683. The summed E-state index contributed by atoms with van der Waals surface area (Å²) in [6.45, 7) is 11.3. The summed E-state index contributed by atoms with van der Waals surface area (Å²) in [7, 11) is -3.58. The smallest absolute Gasteiger partial charge is 0.264 e. The van der Waals surface area contributed by atoms with Gasteiger partial charge in [-0.1, -0.05) is 30.7 Å². The van der Waals surface area contributed by atoms with E-state index in [1.165, 1.54) is 13.0 Å². The molecular weight excluding hydrogens is 396 g/mol. The summed E-state index contributed by atoms with van der Waals surface area (Å²) in [5.74, 6) is 0.456. The Morgan fingerprint density at radius 3 is 2.29 bits per heavy atom. The van der Waals surface area contributed by atoms with Crippen molar-refractivity contribution in [2.45, 2.75) is 26.7 Å². The highest BCUT2D eigenvalue weighted by Crippen LogP contribution is 2.30. The van der Waals surface area contributed by atoms with Gasteiger partial charge in [0.05, 0.1) is 0 Å². The predicted octanol–water partition coefficient (Wildman–Crippen LogP) is 2.82. The molecule has 0 aromatic heterocycles. The molecule has 0 amide bonds. The third-order valence-electron chi connectivity index (χ3n) is 5.21. The molecule has 2 aliphatic rings. The van der Waals surface area contributed by atoms with E-state index >= 15 is 0 Å². The number of amidine groups is 1. The monoisotopic (exact) mass is 424 g/mol. The molecule has 2 aliphatic heterocycles. The van der Waals surface area contributed by atoms with Gasteiger partial charge in [0.15, 0.2) is 0 Å². The Bertz CT molecular complexity index is 841. The Morgan fingerprint density at radius 1 is 1.07 bits per heavy atom. The molecule has 0 spiro atoms. The molecule has 6 nitrogen and oxygen atoms in total. The number of hydrogen-bond acceptors (Lipinski definition) is 5. The van der Waals surface area contributed by atoms with E-state index in [2.05, 4.69) is 26.4 Å². The van der Waals surface area contributed by atoms with Crippen LogP contribution in [0.4, 0.5) is 0 Å². The molecule has 0 radical (unpaired) electrons.